The van der Waals surface area contributed by atoms with E-state index in [4.69, 9.17) is 10.5 Å². The summed E-state index contributed by atoms with van der Waals surface area (Å²) >= 11 is 0. The molecule has 7 heteroatoms. The highest BCUT2D eigenvalue weighted by atomic mass is 16.5. The summed E-state index contributed by atoms with van der Waals surface area (Å²) in [5.74, 6) is 0.209. The molecule has 3 rings (SSSR count). The van der Waals surface area contributed by atoms with Crippen molar-refractivity contribution in [2.24, 2.45) is 5.10 Å². The second-order valence-corrected chi connectivity index (χ2v) is 4.63. The van der Waals surface area contributed by atoms with Crippen LogP contribution in [0.4, 0.5) is 11.4 Å². The van der Waals surface area contributed by atoms with Crippen molar-refractivity contribution in [3.8, 4) is 5.75 Å². The van der Waals surface area contributed by atoms with Crippen molar-refractivity contribution in [2.75, 3.05) is 23.8 Å². The van der Waals surface area contributed by atoms with Crippen molar-refractivity contribution in [1.82, 2.24) is 5.43 Å². The van der Waals surface area contributed by atoms with Gasteiger partial charge in [-0.05, 0) is 12.1 Å². The molecule has 7 nitrogen and oxygen atoms in total. The zero-order valence-corrected chi connectivity index (χ0v) is 10.8. The van der Waals surface area contributed by atoms with Crippen molar-refractivity contribution in [3.63, 3.8) is 0 Å². The average molecular weight is 274 g/mol. The van der Waals surface area contributed by atoms with Crippen molar-refractivity contribution in [2.45, 2.75) is 12.8 Å². The number of carbonyl (C=O) groups excluding carboxylic acids is 2. The second-order valence-electron chi connectivity index (χ2n) is 4.63. The van der Waals surface area contributed by atoms with E-state index in [2.05, 4.69) is 10.5 Å². The number of hydrazone groups is 1. The fourth-order valence-corrected chi connectivity index (χ4v) is 2.23. The van der Waals surface area contributed by atoms with Crippen LogP contribution in [0.25, 0.3) is 0 Å². The van der Waals surface area contributed by atoms with E-state index in [0.717, 1.165) is 0 Å². The number of fused-ring (bicyclic) bond motifs is 1. The first-order valence-electron chi connectivity index (χ1n) is 6.35. The molecule has 0 saturated carbocycles. The number of nitrogens with zero attached hydrogens (tertiary/aromatic N) is 2. The van der Waals surface area contributed by atoms with Gasteiger partial charge >= 0.3 is 0 Å². The molecule has 0 aliphatic carbocycles. The lowest BCUT2D eigenvalue weighted by molar-refractivity contribution is -0.121. The molecule has 0 fully saturated rings. The largest absolute Gasteiger partial charge is 0.489 e. The summed E-state index contributed by atoms with van der Waals surface area (Å²) in [6.45, 7) is 0.852. The highest BCUT2D eigenvalue weighted by molar-refractivity contribution is 6.44. The summed E-state index contributed by atoms with van der Waals surface area (Å²) in [5, 5.41) is 3.84. The molecule has 1 aromatic rings. The summed E-state index contributed by atoms with van der Waals surface area (Å²) in [4.78, 5) is 25.1. The quantitative estimate of drug-likeness (QED) is 0.718. The van der Waals surface area contributed by atoms with Gasteiger partial charge in [0.2, 0.25) is 5.91 Å². The van der Waals surface area contributed by atoms with Crippen LogP contribution >= 0.6 is 0 Å². The Bertz CT molecular complexity index is 612. The minimum absolute atomic E-state index is 0.170. The maximum absolute atomic E-state index is 12.5. The van der Waals surface area contributed by atoms with Gasteiger partial charge < -0.3 is 15.4 Å². The second kappa shape index (κ2) is 4.84. The number of ether oxygens (including phenoxy) is 1. The highest BCUT2D eigenvalue weighted by Gasteiger charge is 2.28. The predicted octanol–water partition coefficient (Wildman–Crippen LogP) is 0.260. The first kappa shape index (κ1) is 12.5. The molecule has 2 aliphatic heterocycles. The molecule has 0 unspecified atom stereocenters. The number of rotatable bonds is 1. The third-order valence-corrected chi connectivity index (χ3v) is 3.24. The van der Waals surface area contributed by atoms with Gasteiger partial charge in [0.1, 0.15) is 18.1 Å². The van der Waals surface area contributed by atoms with E-state index in [9.17, 15) is 9.59 Å². The van der Waals surface area contributed by atoms with E-state index < -0.39 is 0 Å². The number of nitrogens with two attached hydrogens (primary N) is 1. The van der Waals surface area contributed by atoms with Crippen LogP contribution in [-0.2, 0) is 9.59 Å². The molecule has 0 bridgehead atoms. The average Bonchev–Trinajstić information content (AvgIpc) is 2.46. The van der Waals surface area contributed by atoms with Crippen LogP contribution in [-0.4, -0.2) is 30.7 Å². The molecule has 3 N–H and O–H groups in total. The number of nitrogen functional groups attached to an aromatic ring is 1. The zero-order chi connectivity index (χ0) is 14.1. The summed E-state index contributed by atoms with van der Waals surface area (Å²) in [5.41, 5.74) is 9.66. The van der Waals surface area contributed by atoms with Gasteiger partial charge in [0.15, 0.2) is 0 Å². The number of hydrogen-bond donors (Lipinski definition) is 2. The third-order valence-electron chi connectivity index (χ3n) is 3.24. The Balaban J connectivity index is 1.89. The summed E-state index contributed by atoms with van der Waals surface area (Å²) < 4.78 is 5.51. The maximum atomic E-state index is 12.5. The van der Waals surface area contributed by atoms with E-state index in [1.54, 1.807) is 23.1 Å². The van der Waals surface area contributed by atoms with Crippen LogP contribution in [0.1, 0.15) is 12.8 Å². The predicted molar refractivity (Wildman–Crippen MR) is 73.5 cm³/mol. The molecule has 2 amide bonds. The minimum Gasteiger partial charge on any atom is -0.489 e. The van der Waals surface area contributed by atoms with Crippen LogP contribution < -0.4 is 20.8 Å². The number of benzene rings is 1. The van der Waals surface area contributed by atoms with E-state index in [1.807, 2.05) is 0 Å². The first-order chi connectivity index (χ1) is 9.65. The number of carbonyl (C=O) groups is 2. The normalized spacial score (nSPS) is 17.7. The van der Waals surface area contributed by atoms with Crippen LogP contribution in [0.3, 0.4) is 0 Å². The lowest BCUT2D eigenvalue weighted by atomic mass is 10.1. The Morgan fingerprint density at radius 1 is 1.40 bits per heavy atom. The van der Waals surface area contributed by atoms with E-state index in [0.29, 0.717) is 42.4 Å². The monoisotopic (exact) mass is 274 g/mol. The fraction of sp³-hybridized carbons (Fsp3) is 0.308. The Morgan fingerprint density at radius 3 is 3.00 bits per heavy atom. The van der Waals surface area contributed by atoms with Crippen LogP contribution in [0, 0.1) is 0 Å². The molecule has 2 heterocycles. The molecular formula is C13H14N4O3. The summed E-state index contributed by atoms with van der Waals surface area (Å²) in [6, 6.07) is 5.17. The van der Waals surface area contributed by atoms with Gasteiger partial charge in [0, 0.05) is 24.6 Å². The van der Waals surface area contributed by atoms with Gasteiger partial charge in [-0.1, -0.05) is 0 Å². The Hall–Kier alpha value is -2.57. The van der Waals surface area contributed by atoms with E-state index >= 15 is 0 Å². The Labute approximate surface area is 115 Å². The Kier molecular flexibility index (Phi) is 3.02. The minimum atomic E-state index is -0.209. The third kappa shape index (κ3) is 2.18. The summed E-state index contributed by atoms with van der Waals surface area (Å²) in [6.07, 6.45) is 0.635. The Morgan fingerprint density at radius 2 is 2.25 bits per heavy atom. The lowest BCUT2D eigenvalue weighted by Crippen LogP contribution is -2.44. The molecule has 0 saturated heterocycles. The summed E-state index contributed by atoms with van der Waals surface area (Å²) in [7, 11) is 0. The van der Waals surface area contributed by atoms with Crippen LogP contribution in [0.5, 0.6) is 5.75 Å². The first-order valence-corrected chi connectivity index (χ1v) is 6.35. The molecule has 104 valence electrons. The standard InChI is InChI=1S/C13H14N4O3/c14-8-1-3-10-11(7-8)20-6-5-17(10)13(19)9-2-4-12(18)16-15-9/h1,3,7H,2,4-6,14H2,(H,16,18). The molecule has 20 heavy (non-hydrogen) atoms. The molecule has 0 spiro atoms. The molecular weight excluding hydrogens is 260 g/mol. The van der Waals surface area contributed by atoms with Crippen LogP contribution in [0.15, 0.2) is 23.3 Å². The lowest BCUT2D eigenvalue weighted by Gasteiger charge is -2.30. The fourth-order valence-electron chi connectivity index (χ4n) is 2.23. The van der Waals surface area contributed by atoms with Crippen molar-refractivity contribution in [1.29, 1.82) is 0 Å². The number of amides is 2. The zero-order valence-electron chi connectivity index (χ0n) is 10.8. The SMILES string of the molecule is Nc1ccc2c(c1)OCCN2C(=O)C1=NNC(=O)CC1. The van der Waals surface area contributed by atoms with Gasteiger partial charge in [-0.3, -0.25) is 9.59 Å². The molecule has 0 aromatic heterocycles. The van der Waals surface area contributed by atoms with Crippen molar-refractivity contribution >= 4 is 28.9 Å². The van der Waals surface area contributed by atoms with Crippen LogP contribution in [0.2, 0.25) is 0 Å². The smallest absolute Gasteiger partial charge is 0.274 e. The number of anilines is 2. The topological polar surface area (TPSA) is 97.0 Å². The molecule has 2 aliphatic rings. The van der Waals surface area contributed by atoms with Gasteiger partial charge in [-0.15, -0.1) is 0 Å². The van der Waals surface area contributed by atoms with Crippen molar-refractivity contribution < 1.29 is 14.3 Å². The highest BCUT2D eigenvalue weighted by Crippen LogP contribution is 2.33. The number of hydrogen-bond acceptors (Lipinski definition) is 5. The van der Waals surface area contributed by atoms with E-state index in [-0.39, 0.29) is 18.2 Å². The van der Waals surface area contributed by atoms with Gasteiger partial charge in [0.05, 0.1) is 12.2 Å². The number of nitrogens with one attached hydrogen (secondary N) is 1. The molecule has 1 aromatic carbocycles. The van der Waals surface area contributed by atoms with Gasteiger partial charge in [-0.2, -0.15) is 5.10 Å². The molecule has 0 radical (unpaired) electrons. The van der Waals surface area contributed by atoms with Gasteiger partial charge in [-0.25, -0.2) is 5.43 Å². The van der Waals surface area contributed by atoms with Gasteiger partial charge in [0.25, 0.3) is 5.91 Å². The van der Waals surface area contributed by atoms with Crippen molar-refractivity contribution in [3.05, 3.63) is 18.2 Å². The van der Waals surface area contributed by atoms with E-state index in [1.165, 1.54) is 0 Å². The molecule has 0 atom stereocenters. The maximum Gasteiger partial charge on any atom is 0.274 e.